The fraction of sp³-hybridized carbons (Fsp3) is 0.946. The summed E-state index contributed by atoms with van der Waals surface area (Å²) < 4.78 is 68.4. The van der Waals surface area contributed by atoms with E-state index >= 15 is 0 Å². The molecule has 6 atom stereocenters. The molecule has 552 valence electrons. The summed E-state index contributed by atoms with van der Waals surface area (Å²) in [7, 11) is -9.91. The monoisotopic (exact) mass is 1370 g/mol. The van der Waals surface area contributed by atoms with Gasteiger partial charge in [0.05, 0.1) is 26.4 Å². The van der Waals surface area contributed by atoms with Crippen molar-refractivity contribution < 1.29 is 80.2 Å². The van der Waals surface area contributed by atoms with Crippen LogP contribution in [0.1, 0.15) is 370 Å². The SMILES string of the molecule is CCC(C)CCCCCCCCC(=O)OC[C@H](COP(=O)(O)OC[C@H](O)COP(=O)(O)OC[C@@H](COC(=O)CCCCCCCCCCC(C)C)OC(=O)CCCCCCCCCCCCCCCCCCCCC(C)C)OC(=O)CCCCCCCCCCC(C)C. The number of phosphoric acid groups is 2. The normalized spacial score (nSPS) is 14.5. The van der Waals surface area contributed by atoms with Crippen molar-refractivity contribution in [2.45, 2.75) is 388 Å². The van der Waals surface area contributed by atoms with Gasteiger partial charge in [-0.2, -0.15) is 0 Å². The molecule has 0 fully saturated rings. The van der Waals surface area contributed by atoms with E-state index in [0.29, 0.717) is 25.7 Å². The Balaban J connectivity index is 5.18. The molecule has 0 saturated heterocycles. The third kappa shape index (κ3) is 67.0. The average Bonchev–Trinajstić information content (AvgIpc) is 1.66. The molecule has 0 aromatic heterocycles. The highest BCUT2D eigenvalue weighted by molar-refractivity contribution is 7.47. The molecule has 17 nitrogen and oxygen atoms in total. The lowest BCUT2D eigenvalue weighted by Crippen LogP contribution is -2.30. The average molecular weight is 1370 g/mol. The minimum absolute atomic E-state index is 0.103. The highest BCUT2D eigenvalue weighted by Crippen LogP contribution is 2.45. The highest BCUT2D eigenvalue weighted by Gasteiger charge is 2.30. The second kappa shape index (κ2) is 63.5. The molecule has 0 heterocycles. The zero-order valence-corrected chi connectivity index (χ0v) is 62.7. The first-order chi connectivity index (χ1) is 44.6. The van der Waals surface area contributed by atoms with Gasteiger partial charge in [0.1, 0.15) is 19.3 Å². The molecule has 0 aromatic carbocycles. The first-order valence-corrected chi connectivity index (χ1v) is 41.2. The molecule has 0 rings (SSSR count). The number of aliphatic hydroxyl groups excluding tert-OH is 1. The molecular weight excluding hydrogens is 1220 g/mol. The molecule has 93 heavy (non-hydrogen) atoms. The predicted molar refractivity (Wildman–Crippen MR) is 377 cm³/mol. The number of phosphoric ester groups is 2. The molecule has 19 heteroatoms. The van der Waals surface area contributed by atoms with Crippen molar-refractivity contribution in [1.82, 2.24) is 0 Å². The Bertz CT molecular complexity index is 1840. The van der Waals surface area contributed by atoms with E-state index in [0.717, 1.165) is 120 Å². The van der Waals surface area contributed by atoms with Crippen LogP contribution in [0.4, 0.5) is 0 Å². The quantitative estimate of drug-likeness (QED) is 0.0222. The lowest BCUT2D eigenvalue weighted by molar-refractivity contribution is -0.161. The van der Waals surface area contributed by atoms with Crippen LogP contribution in [-0.2, 0) is 65.4 Å². The number of hydrogen-bond acceptors (Lipinski definition) is 15. The lowest BCUT2D eigenvalue weighted by Gasteiger charge is -2.21. The Labute approximate surface area is 568 Å². The van der Waals surface area contributed by atoms with E-state index in [1.165, 1.54) is 167 Å². The fourth-order valence-corrected chi connectivity index (χ4v) is 12.7. The third-order valence-electron chi connectivity index (χ3n) is 17.4. The molecule has 0 spiro atoms. The topological polar surface area (TPSA) is 237 Å². The lowest BCUT2D eigenvalue weighted by atomic mass is 10.00. The van der Waals surface area contributed by atoms with E-state index in [1.54, 1.807) is 0 Å². The van der Waals surface area contributed by atoms with E-state index in [9.17, 15) is 43.2 Å². The molecule has 3 unspecified atom stereocenters. The summed E-state index contributed by atoms with van der Waals surface area (Å²) in [5, 5.41) is 10.6. The number of rotatable bonds is 71. The van der Waals surface area contributed by atoms with Gasteiger partial charge in [-0.05, 0) is 49.4 Å². The van der Waals surface area contributed by atoms with Crippen molar-refractivity contribution in [3.05, 3.63) is 0 Å². The summed E-state index contributed by atoms with van der Waals surface area (Å²) in [6.45, 7) is 14.1. The molecule has 0 aliphatic heterocycles. The zero-order chi connectivity index (χ0) is 68.9. The third-order valence-corrected chi connectivity index (χ3v) is 19.3. The summed E-state index contributed by atoms with van der Waals surface area (Å²) in [6.07, 6.45) is 47.5. The maximum absolute atomic E-state index is 13.1. The molecule has 0 aliphatic carbocycles. The van der Waals surface area contributed by atoms with Crippen molar-refractivity contribution in [1.29, 1.82) is 0 Å². The van der Waals surface area contributed by atoms with Crippen molar-refractivity contribution >= 4 is 39.5 Å². The number of aliphatic hydroxyl groups is 1. The number of carbonyl (C=O) groups is 4. The standard InChI is InChI=1S/C74H144O17P2/c1-9-67(8)53-45-37-32-33-39-47-55-72(77)85-61-70(91-74(79)57-49-41-31-25-23-28-36-44-52-66(6)7)63-89-93(82,83)87-59-68(75)58-86-92(80,81)88-62-69(60-84-71(76)54-46-38-29-24-22-27-35-43-51-65(4)5)90-73(78)56-48-40-30-21-19-17-15-13-11-10-12-14-16-18-20-26-34-42-50-64(2)3/h64-70,75H,9-63H2,1-8H3,(H,80,81)(H,82,83)/t67?,68-,69-,70-/m1/s1. The van der Waals surface area contributed by atoms with E-state index in [1.807, 2.05) is 0 Å². The van der Waals surface area contributed by atoms with Crippen LogP contribution in [0.2, 0.25) is 0 Å². The van der Waals surface area contributed by atoms with Gasteiger partial charge < -0.3 is 33.8 Å². The zero-order valence-electron chi connectivity index (χ0n) is 60.9. The molecule has 0 radical (unpaired) electrons. The highest BCUT2D eigenvalue weighted by atomic mass is 31.2. The van der Waals surface area contributed by atoms with E-state index in [4.69, 9.17) is 37.0 Å². The van der Waals surface area contributed by atoms with Crippen LogP contribution in [0, 0.1) is 23.7 Å². The fourth-order valence-electron chi connectivity index (χ4n) is 11.2. The molecule has 0 aliphatic rings. The number of ether oxygens (including phenoxy) is 4. The van der Waals surface area contributed by atoms with Crippen LogP contribution < -0.4 is 0 Å². The Morgan fingerprint density at radius 3 is 0.763 bits per heavy atom. The summed E-state index contributed by atoms with van der Waals surface area (Å²) in [5.74, 6) is 0.868. The number of carbonyl (C=O) groups excluding carboxylic acids is 4. The van der Waals surface area contributed by atoms with Gasteiger partial charge in [-0.3, -0.25) is 37.3 Å². The van der Waals surface area contributed by atoms with Crippen LogP contribution >= 0.6 is 15.6 Å². The Morgan fingerprint density at radius 1 is 0.301 bits per heavy atom. The number of hydrogen-bond donors (Lipinski definition) is 3. The van der Waals surface area contributed by atoms with Gasteiger partial charge in [-0.1, -0.05) is 319 Å². The van der Waals surface area contributed by atoms with Crippen LogP contribution in [-0.4, -0.2) is 96.7 Å². The first kappa shape index (κ1) is 91.1. The summed E-state index contributed by atoms with van der Waals surface area (Å²) >= 11 is 0. The molecule has 0 saturated carbocycles. The van der Waals surface area contributed by atoms with Crippen molar-refractivity contribution in [3.63, 3.8) is 0 Å². The van der Waals surface area contributed by atoms with Gasteiger partial charge in [-0.15, -0.1) is 0 Å². The molecule has 0 amide bonds. The van der Waals surface area contributed by atoms with Gasteiger partial charge in [-0.25, -0.2) is 9.13 Å². The largest absolute Gasteiger partial charge is 0.472 e. The summed E-state index contributed by atoms with van der Waals surface area (Å²) in [5.41, 5.74) is 0. The van der Waals surface area contributed by atoms with Gasteiger partial charge in [0, 0.05) is 25.7 Å². The van der Waals surface area contributed by atoms with Gasteiger partial charge in [0.25, 0.3) is 0 Å². The maximum Gasteiger partial charge on any atom is 0.472 e. The van der Waals surface area contributed by atoms with Crippen LogP contribution in [0.3, 0.4) is 0 Å². The van der Waals surface area contributed by atoms with Crippen LogP contribution in [0.15, 0.2) is 0 Å². The van der Waals surface area contributed by atoms with E-state index in [2.05, 4.69) is 55.4 Å². The molecule has 0 aromatic rings. The summed E-state index contributed by atoms with van der Waals surface area (Å²) in [6, 6.07) is 0. The van der Waals surface area contributed by atoms with Gasteiger partial charge in [0.15, 0.2) is 12.2 Å². The maximum atomic E-state index is 13.1. The van der Waals surface area contributed by atoms with E-state index < -0.39 is 97.5 Å². The van der Waals surface area contributed by atoms with Gasteiger partial charge >= 0.3 is 39.5 Å². The minimum atomic E-state index is -4.96. The minimum Gasteiger partial charge on any atom is -0.462 e. The Morgan fingerprint density at radius 2 is 0.516 bits per heavy atom. The van der Waals surface area contributed by atoms with E-state index in [-0.39, 0.29) is 25.7 Å². The Kier molecular flexibility index (Phi) is 62.2. The smallest absolute Gasteiger partial charge is 0.462 e. The molecular formula is C74H144O17P2. The number of unbranched alkanes of at least 4 members (excludes halogenated alkanes) is 36. The van der Waals surface area contributed by atoms with Crippen molar-refractivity contribution in [3.8, 4) is 0 Å². The predicted octanol–water partition coefficient (Wildman–Crippen LogP) is 21.3. The van der Waals surface area contributed by atoms with Crippen molar-refractivity contribution in [2.75, 3.05) is 39.6 Å². The Hall–Kier alpha value is -1.94. The second-order valence-corrected chi connectivity index (χ2v) is 31.3. The number of esters is 4. The molecule has 0 bridgehead atoms. The van der Waals surface area contributed by atoms with Crippen LogP contribution in [0.25, 0.3) is 0 Å². The molecule has 3 N–H and O–H groups in total. The van der Waals surface area contributed by atoms with Gasteiger partial charge in [0.2, 0.25) is 0 Å². The second-order valence-electron chi connectivity index (χ2n) is 28.4. The van der Waals surface area contributed by atoms with Crippen LogP contribution in [0.5, 0.6) is 0 Å². The summed E-state index contributed by atoms with van der Waals surface area (Å²) in [4.78, 5) is 72.6. The first-order valence-electron chi connectivity index (χ1n) is 38.2. The van der Waals surface area contributed by atoms with Crippen molar-refractivity contribution in [2.24, 2.45) is 23.7 Å².